The van der Waals surface area contributed by atoms with Crippen molar-refractivity contribution in [1.82, 2.24) is 10.1 Å². The lowest BCUT2D eigenvalue weighted by Gasteiger charge is -2.33. The Balaban J connectivity index is 1.04. The Morgan fingerprint density at radius 2 is 1.98 bits per heavy atom. The lowest BCUT2D eigenvalue weighted by molar-refractivity contribution is -0.274. The quantitative estimate of drug-likeness (QED) is 0.209. The predicted octanol–water partition coefficient (Wildman–Crippen LogP) is 7.14. The number of carboxylic acid groups (broad SMARTS) is 1. The van der Waals surface area contributed by atoms with Crippen LogP contribution in [-0.4, -0.2) is 45.8 Å². The van der Waals surface area contributed by atoms with Crippen LogP contribution in [0.4, 0.5) is 22.7 Å². The Morgan fingerprint density at radius 1 is 1.16 bits per heavy atom. The van der Waals surface area contributed by atoms with Gasteiger partial charge < -0.3 is 24.0 Å². The summed E-state index contributed by atoms with van der Waals surface area (Å²) in [4.78, 5) is 18.3. The van der Waals surface area contributed by atoms with Gasteiger partial charge in [0.2, 0.25) is 0 Å². The Labute approximate surface area is 246 Å². The molecule has 2 saturated heterocycles. The van der Waals surface area contributed by atoms with Crippen molar-refractivity contribution in [2.45, 2.75) is 69.2 Å². The first kappa shape index (κ1) is 26.9. The van der Waals surface area contributed by atoms with Gasteiger partial charge in [0.15, 0.2) is 10.9 Å². The topological polar surface area (TPSA) is 97.9 Å². The van der Waals surface area contributed by atoms with Crippen molar-refractivity contribution in [3.63, 3.8) is 0 Å². The Kier molecular flexibility index (Phi) is 6.03. The molecule has 8 nitrogen and oxygen atoms in total. The highest BCUT2D eigenvalue weighted by Crippen LogP contribution is 2.59. The molecule has 2 saturated carbocycles. The van der Waals surface area contributed by atoms with Crippen molar-refractivity contribution >= 4 is 32.7 Å². The number of piperidine rings is 1. The second-order valence-corrected chi connectivity index (χ2v) is 12.8. The van der Waals surface area contributed by atoms with E-state index in [4.69, 9.17) is 9.26 Å². The van der Waals surface area contributed by atoms with E-state index in [1.54, 1.807) is 6.07 Å². The maximum Gasteiger partial charge on any atom is 0.573 e. The third-order valence-corrected chi connectivity index (χ3v) is 10.2. The van der Waals surface area contributed by atoms with E-state index < -0.39 is 18.1 Å². The fourth-order valence-corrected chi connectivity index (χ4v) is 8.29. The molecule has 43 heavy (non-hydrogen) atoms. The van der Waals surface area contributed by atoms with Crippen LogP contribution in [0.1, 0.15) is 59.7 Å². The number of carboxylic acids is 1. The van der Waals surface area contributed by atoms with Crippen molar-refractivity contribution in [1.29, 1.82) is 0 Å². The van der Waals surface area contributed by atoms with E-state index in [9.17, 15) is 27.5 Å². The van der Waals surface area contributed by atoms with Gasteiger partial charge in [0.25, 0.3) is 0 Å². The molecule has 2 bridgehead atoms. The summed E-state index contributed by atoms with van der Waals surface area (Å²) in [5.74, 6) is -0.781. The number of anilines is 1. The zero-order valence-corrected chi connectivity index (χ0v) is 23.3. The summed E-state index contributed by atoms with van der Waals surface area (Å²) in [6.45, 7) is 0.157. The minimum absolute atomic E-state index is 0.0426. The number of halogens is 4. The second-order valence-electron chi connectivity index (χ2n) is 11.8. The number of hydrogen-bond donors (Lipinski definition) is 1. The van der Waals surface area contributed by atoms with E-state index >= 15 is 0 Å². The van der Waals surface area contributed by atoms with Crippen molar-refractivity contribution in [2.24, 2.45) is 11.8 Å². The van der Waals surface area contributed by atoms with Crippen LogP contribution in [0.15, 0.2) is 40.9 Å². The van der Waals surface area contributed by atoms with Crippen LogP contribution in [0.3, 0.4) is 0 Å². The van der Waals surface area contributed by atoms with E-state index in [0.717, 1.165) is 38.2 Å². The molecule has 2 aromatic carbocycles. The molecule has 1 N–H and O–H groups in total. The van der Waals surface area contributed by atoms with E-state index in [0.29, 0.717) is 32.8 Å². The first-order chi connectivity index (χ1) is 20.7. The highest BCUT2D eigenvalue weighted by Gasteiger charge is 2.63. The number of ether oxygens (including phenoxy) is 2. The molecule has 0 spiro atoms. The first-order valence-corrected chi connectivity index (χ1v) is 15.0. The van der Waals surface area contributed by atoms with Crippen molar-refractivity contribution in [3.8, 4) is 17.0 Å². The average Bonchev–Trinajstić information content (AvgIpc) is 3.78. The van der Waals surface area contributed by atoms with E-state index in [1.165, 1.54) is 35.6 Å². The SMILES string of the molecule is O=C(O)c1cc(F)c2nc(N3C4CCC3C3C(C4)[C@@H]3OCc3c(-c4ccccc4OC(F)(F)F)noc3C3CC3)sc2c1. The lowest BCUT2D eigenvalue weighted by Crippen LogP contribution is -2.41. The van der Waals surface area contributed by atoms with Crippen LogP contribution in [-0.2, 0) is 11.3 Å². The number of benzene rings is 2. The third-order valence-electron chi connectivity index (χ3n) is 9.15. The van der Waals surface area contributed by atoms with Crippen molar-refractivity contribution in [2.75, 3.05) is 4.90 Å². The summed E-state index contributed by atoms with van der Waals surface area (Å²) >= 11 is 1.31. The molecule has 4 aliphatic rings. The number of rotatable bonds is 8. The molecule has 4 aromatic rings. The van der Waals surface area contributed by atoms with Crippen molar-refractivity contribution < 1.29 is 41.5 Å². The number of nitrogens with zero attached hydrogens (tertiary/aromatic N) is 3. The van der Waals surface area contributed by atoms with Gasteiger partial charge in [-0.1, -0.05) is 28.6 Å². The van der Waals surface area contributed by atoms with Gasteiger partial charge in [-0.05, 0) is 62.3 Å². The summed E-state index contributed by atoms with van der Waals surface area (Å²) < 4.78 is 71.0. The van der Waals surface area contributed by atoms with Crippen LogP contribution in [0.2, 0.25) is 0 Å². The lowest BCUT2D eigenvalue weighted by atomic mass is 10.0. The summed E-state index contributed by atoms with van der Waals surface area (Å²) in [6, 6.07) is 8.75. The van der Waals surface area contributed by atoms with Gasteiger partial charge in [0.05, 0.1) is 23.0 Å². The molecule has 224 valence electrons. The maximum atomic E-state index is 14.7. The molecule has 2 aliphatic carbocycles. The molecule has 0 amide bonds. The molecule has 13 heteroatoms. The van der Waals surface area contributed by atoms with Gasteiger partial charge in [-0.3, -0.25) is 0 Å². The monoisotopic (exact) mass is 615 g/mol. The van der Waals surface area contributed by atoms with Gasteiger partial charge >= 0.3 is 12.3 Å². The third kappa shape index (κ3) is 4.64. The Morgan fingerprint density at radius 3 is 2.74 bits per heavy atom. The molecule has 4 fully saturated rings. The number of para-hydroxylation sites is 1. The minimum Gasteiger partial charge on any atom is -0.478 e. The molecule has 4 unspecified atom stereocenters. The molecular weight excluding hydrogens is 590 g/mol. The molecule has 2 aliphatic heterocycles. The van der Waals surface area contributed by atoms with Gasteiger partial charge in [-0.15, -0.1) is 13.2 Å². The summed E-state index contributed by atoms with van der Waals surface area (Å²) in [6.07, 6.45) is -0.228. The Hall–Kier alpha value is -3.71. The van der Waals surface area contributed by atoms with E-state index in [-0.39, 0.29) is 59.0 Å². The van der Waals surface area contributed by atoms with Crippen LogP contribution in [0, 0.1) is 17.7 Å². The fourth-order valence-electron chi connectivity index (χ4n) is 7.14. The van der Waals surface area contributed by atoms with Gasteiger partial charge in [0, 0.05) is 35.0 Å². The number of alkyl halides is 3. The molecule has 8 rings (SSSR count). The van der Waals surface area contributed by atoms with Crippen LogP contribution in [0.5, 0.6) is 5.75 Å². The fraction of sp³-hybridized carbons (Fsp3) is 0.433. The second kappa shape index (κ2) is 9.65. The first-order valence-electron chi connectivity index (χ1n) is 14.2. The minimum atomic E-state index is -4.85. The average molecular weight is 616 g/mol. The van der Waals surface area contributed by atoms with E-state index in [1.807, 2.05) is 0 Å². The molecule has 0 radical (unpaired) electrons. The number of fused-ring (bicyclic) bond motifs is 5. The molecule has 2 aromatic heterocycles. The predicted molar refractivity (Wildman–Crippen MR) is 147 cm³/mol. The van der Waals surface area contributed by atoms with Gasteiger partial charge in [-0.2, -0.15) is 0 Å². The summed E-state index contributed by atoms with van der Waals surface area (Å²) in [7, 11) is 0. The largest absolute Gasteiger partial charge is 0.573 e. The zero-order chi connectivity index (χ0) is 29.6. The number of carbonyl (C=O) groups is 1. The standard InChI is InChI=1S/C30H25F4N3O5S/c31-19-9-14(28(38)39)10-22-25(19)35-29(43-22)37-15-7-8-20(37)23-17(11-15)27(23)40-12-18-24(36-42-26(18)13-5-6-13)16-3-1-2-4-21(16)41-30(32,33)34/h1-4,9-10,13,15,17,20,23,27H,5-8,11-12H2,(H,38,39)/t15?,17?,20?,23?,27-/m0/s1. The number of aromatic nitrogens is 2. The molecular formula is C30H25F4N3O5S. The van der Waals surface area contributed by atoms with Crippen LogP contribution in [0.25, 0.3) is 21.5 Å². The van der Waals surface area contributed by atoms with Crippen LogP contribution >= 0.6 is 11.3 Å². The summed E-state index contributed by atoms with van der Waals surface area (Å²) in [5, 5.41) is 14.2. The van der Waals surface area contributed by atoms with Crippen molar-refractivity contribution in [3.05, 3.63) is 59.1 Å². The van der Waals surface area contributed by atoms with Crippen LogP contribution < -0.4 is 9.64 Å². The molecule has 5 atom stereocenters. The number of aromatic carboxylic acids is 1. The van der Waals surface area contributed by atoms with Gasteiger partial charge in [0.1, 0.15) is 22.7 Å². The highest BCUT2D eigenvalue weighted by atomic mass is 32.1. The van der Waals surface area contributed by atoms with Gasteiger partial charge in [-0.25, -0.2) is 14.2 Å². The van der Waals surface area contributed by atoms with E-state index in [2.05, 4.69) is 19.8 Å². The molecule has 4 heterocycles. The number of hydrogen-bond acceptors (Lipinski definition) is 8. The smallest absolute Gasteiger partial charge is 0.478 e. The normalized spacial score (nSPS) is 26.1. The maximum absolute atomic E-state index is 14.7. The number of thiazole rings is 1. The summed E-state index contributed by atoms with van der Waals surface area (Å²) in [5.41, 5.74) is 1.22. The zero-order valence-electron chi connectivity index (χ0n) is 22.5. The Bertz CT molecular complexity index is 1750. The highest BCUT2D eigenvalue weighted by molar-refractivity contribution is 7.22.